The minimum Gasteiger partial charge on any atom is -0.389 e. The van der Waals surface area contributed by atoms with E-state index in [4.69, 9.17) is 0 Å². The zero-order valence-corrected chi connectivity index (χ0v) is 18.3. The number of ketones is 1. The van der Waals surface area contributed by atoms with Crippen LogP contribution in [0.1, 0.15) is 79.6 Å². The highest BCUT2D eigenvalue weighted by Crippen LogP contribution is 2.59. The van der Waals surface area contributed by atoms with E-state index in [1.807, 2.05) is 6.08 Å². The molecule has 3 aliphatic rings. The van der Waals surface area contributed by atoms with Gasteiger partial charge in [0.2, 0.25) is 0 Å². The van der Waals surface area contributed by atoms with Gasteiger partial charge in [0.25, 0.3) is 0 Å². The number of aliphatic hydroxyl groups is 1. The maximum atomic E-state index is 12.6. The molecule has 0 heterocycles. The number of hydrogen-bond acceptors (Lipinski definition) is 3. The van der Waals surface area contributed by atoms with E-state index in [0.717, 1.165) is 32.0 Å². The fourth-order valence-corrected chi connectivity index (χ4v) is 6.59. The molecular weight excluding hydrogens is 348 g/mol. The van der Waals surface area contributed by atoms with E-state index >= 15 is 0 Å². The van der Waals surface area contributed by atoms with Crippen molar-refractivity contribution in [2.45, 2.75) is 85.2 Å². The lowest BCUT2D eigenvalue weighted by molar-refractivity contribution is -0.121. The molecule has 1 N–H and O–H groups in total. The van der Waals surface area contributed by atoms with E-state index in [1.54, 1.807) is 6.92 Å². The molecule has 1 unspecified atom stereocenters. The lowest BCUT2D eigenvalue weighted by Crippen LogP contribution is -2.40. The molecule has 0 spiro atoms. The summed E-state index contributed by atoms with van der Waals surface area (Å²) < 4.78 is 0. The number of carbonyl (C=O) groups is 2. The van der Waals surface area contributed by atoms with Gasteiger partial charge in [-0.15, -0.1) is 0 Å². The molecule has 2 fully saturated rings. The topological polar surface area (TPSA) is 54.4 Å². The molecule has 28 heavy (non-hydrogen) atoms. The van der Waals surface area contributed by atoms with Crippen LogP contribution in [0.5, 0.6) is 0 Å². The van der Waals surface area contributed by atoms with Crippen molar-refractivity contribution in [2.75, 3.05) is 0 Å². The van der Waals surface area contributed by atoms with Crippen LogP contribution in [0.25, 0.3) is 0 Å². The highest BCUT2D eigenvalue weighted by atomic mass is 16.3. The molecule has 3 aliphatic carbocycles. The van der Waals surface area contributed by atoms with E-state index in [1.165, 1.54) is 18.4 Å². The van der Waals surface area contributed by atoms with E-state index in [9.17, 15) is 14.7 Å². The molecule has 7 atom stereocenters. The first-order valence-electron chi connectivity index (χ1n) is 11.1. The second-order valence-corrected chi connectivity index (χ2v) is 10.6. The number of hydrogen-bond donors (Lipinski definition) is 1. The summed E-state index contributed by atoms with van der Waals surface area (Å²) in [7, 11) is 0. The molecule has 3 rings (SSSR count). The predicted octanol–water partition coefficient (Wildman–Crippen LogP) is 5.28. The zero-order chi connectivity index (χ0) is 20.7. The first-order chi connectivity index (χ1) is 13.1. The van der Waals surface area contributed by atoms with Gasteiger partial charge >= 0.3 is 0 Å². The van der Waals surface area contributed by atoms with Crippen LogP contribution in [0.2, 0.25) is 0 Å². The minimum absolute atomic E-state index is 0.0417. The van der Waals surface area contributed by atoms with E-state index in [2.05, 4.69) is 33.8 Å². The Morgan fingerprint density at radius 2 is 2.04 bits per heavy atom. The first kappa shape index (κ1) is 21.5. The van der Waals surface area contributed by atoms with Crippen molar-refractivity contribution in [3.8, 4) is 0 Å². The normalized spacial score (nSPS) is 43.2. The van der Waals surface area contributed by atoms with Crippen molar-refractivity contribution in [1.29, 1.82) is 0 Å². The number of aldehydes is 1. The van der Waals surface area contributed by atoms with Crippen LogP contribution in [0, 0.1) is 35.0 Å². The fourth-order valence-electron chi connectivity index (χ4n) is 6.59. The lowest BCUT2D eigenvalue weighted by Gasteiger charge is -2.42. The molecule has 0 aromatic heterocycles. The molecule has 0 bridgehead atoms. The molecule has 3 heteroatoms. The minimum atomic E-state index is -0.998. The third kappa shape index (κ3) is 3.92. The van der Waals surface area contributed by atoms with Gasteiger partial charge < -0.3 is 5.11 Å². The third-order valence-corrected chi connectivity index (χ3v) is 8.24. The smallest absolute Gasteiger partial charge is 0.146 e. The SMILES string of the molecule is CC(C)=CCCC(C)[C@H]1CC[C@]2(C)C[C@H]3[C@H](C(=O)C[C@]3(C)O)/C(C=O)=C\C[C@@H]12. The largest absolute Gasteiger partial charge is 0.389 e. The molecule has 0 amide bonds. The predicted molar refractivity (Wildman–Crippen MR) is 113 cm³/mol. The van der Waals surface area contributed by atoms with Crippen LogP contribution in [0.3, 0.4) is 0 Å². The highest BCUT2D eigenvalue weighted by molar-refractivity contribution is 5.94. The zero-order valence-electron chi connectivity index (χ0n) is 18.3. The molecular formula is C25H38O3. The molecule has 2 saturated carbocycles. The van der Waals surface area contributed by atoms with Crippen LogP contribution in [0.15, 0.2) is 23.3 Å². The maximum Gasteiger partial charge on any atom is 0.146 e. The Morgan fingerprint density at radius 1 is 1.32 bits per heavy atom. The molecule has 0 aromatic rings. The van der Waals surface area contributed by atoms with E-state index in [0.29, 0.717) is 23.3 Å². The van der Waals surface area contributed by atoms with Gasteiger partial charge in [0, 0.05) is 12.3 Å². The summed E-state index contributed by atoms with van der Waals surface area (Å²) in [6, 6.07) is 0. The Labute approximate surface area is 170 Å². The van der Waals surface area contributed by atoms with Crippen molar-refractivity contribution >= 4 is 12.1 Å². The number of Topliss-reactive ketones (excluding diaryl/α,β-unsaturated/α-hetero) is 1. The molecule has 156 valence electrons. The third-order valence-electron chi connectivity index (χ3n) is 8.24. The van der Waals surface area contributed by atoms with Crippen LogP contribution in [-0.2, 0) is 9.59 Å². The summed E-state index contributed by atoms with van der Waals surface area (Å²) in [6.45, 7) is 10.9. The van der Waals surface area contributed by atoms with Gasteiger partial charge in [-0.1, -0.05) is 31.6 Å². The summed E-state index contributed by atoms with van der Waals surface area (Å²) in [6.07, 6.45) is 11.9. The van der Waals surface area contributed by atoms with Crippen LogP contribution >= 0.6 is 0 Å². The standard InChI is InChI=1S/C25H38O3/c1-16(2)7-6-8-17(3)19-11-12-24(4)13-21-23(22(27)14-25(21,5)28)18(15-26)9-10-20(19)24/h7,9,15,17,19-21,23,28H,6,8,10-14H2,1-5H3/b18-9-/t17?,19-,20+,21+,23-,24-,25+/m1/s1. The Kier molecular flexibility index (Phi) is 6.06. The van der Waals surface area contributed by atoms with Crippen LogP contribution < -0.4 is 0 Å². The van der Waals surface area contributed by atoms with Gasteiger partial charge in [0.05, 0.1) is 11.5 Å². The molecule has 0 aliphatic heterocycles. The second kappa shape index (κ2) is 7.89. The van der Waals surface area contributed by atoms with Gasteiger partial charge in [-0.25, -0.2) is 0 Å². The molecule has 0 radical (unpaired) electrons. The van der Waals surface area contributed by atoms with Gasteiger partial charge in [-0.05, 0) is 88.0 Å². The van der Waals surface area contributed by atoms with Gasteiger partial charge in [-0.2, -0.15) is 0 Å². The average molecular weight is 387 g/mol. The fraction of sp³-hybridized carbons (Fsp3) is 0.760. The van der Waals surface area contributed by atoms with Crippen molar-refractivity contribution in [1.82, 2.24) is 0 Å². The quantitative estimate of drug-likeness (QED) is 0.517. The van der Waals surface area contributed by atoms with Gasteiger partial charge in [0.1, 0.15) is 12.1 Å². The summed E-state index contributed by atoms with van der Waals surface area (Å²) in [5, 5.41) is 11.0. The Morgan fingerprint density at radius 3 is 2.68 bits per heavy atom. The van der Waals surface area contributed by atoms with Crippen LogP contribution in [-0.4, -0.2) is 22.8 Å². The van der Waals surface area contributed by atoms with E-state index in [-0.39, 0.29) is 23.5 Å². The van der Waals surface area contributed by atoms with Crippen molar-refractivity contribution in [3.05, 3.63) is 23.3 Å². The lowest BCUT2D eigenvalue weighted by atomic mass is 9.62. The summed E-state index contributed by atoms with van der Waals surface area (Å²) in [5.74, 6) is 1.33. The molecule has 3 nitrogen and oxygen atoms in total. The number of allylic oxidation sites excluding steroid dienone is 4. The Balaban J connectivity index is 1.87. The molecule has 0 saturated heterocycles. The Bertz CT molecular complexity index is 682. The second-order valence-electron chi connectivity index (χ2n) is 10.6. The van der Waals surface area contributed by atoms with Crippen molar-refractivity contribution in [3.63, 3.8) is 0 Å². The monoisotopic (exact) mass is 386 g/mol. The molecule has 0 aromatic carbocycles. The summed E-state index contributed by atoms with van der Waals surface area (Å²) in [5.41, 5.74) is 1.14. The van der Waals surface area contributed by atoms with Crippen molar-refractivity contribution in [2.24, 2.45) is 35.0 Å². The number of fused-ring (bicyclic) bond motifs is 2. The first-order valence-corrected chi connectivity index (χ1v) is 11.1. The summed E-state index contributed by atoms with van der Waals surface area (Å²) >= 11 is 0. The van der Waals surface area contributed by atoms with Gasteiger partial charge in [-0.3, -0.25) is 9.59 Å². The maximum absolute atomic E-state index is 12.6. The van der Waals surface area contributed by atoms with Crippen molar-refractivity contribution < 1.29 is 14.7 Å². The Hall–Kier alpha value is -1.22. The summed E-state index contributed by atoms with van der Waals surface area (Å²) in [4.78, 5) is 24.4. The van der Waals surface area contributed by atoms with E-state index < -0.39 is 11.5 Å². The highest BCUT2D eigenvalue weighted by Gasteiger charge is 2.56. The number of carbonyl (C=O) groups excluding carboxylic acids is 2. The average Bonchev–Trinajstić information content (AvgIpc) is 3.01. The number of rotatable bonds is 5. The van der Waals surface area contributed by atoms with Gasteiger partial charge in [0.15, 0.2) is 0 Å². The van der Waals surface area contributed by atoms with Crippen LogP contribution in [0.4, 0.5) is 0 Å².